The molecule has 0 aromatic heterocycles. The molecule has 128 valence electrons. The van der Waals surface area contributed by atoms with Crippen molar-refractivity contribution in [3.63, 3.8) is 0 Å². The zero-order valence-corrected chi connectivity index (χ0v) is 13.1. The Hall–Kier alpha value is -2.74. The van der Waals surface area contributed by atoms with Crippen molar-refractivity contribution in [1.82, 2.24) is 0 Å². The van der Waals surface area contributed by atoms with Crippen LogP contribution in [0.4, 0.5) is 20.2 Å². The maximum atomic E-state index is 13.6. The van der Waals surface area contributed by atoms with Crippen molar-refractivity contribution in [2.75, 3.05) is 25.6 Å². The number of nitro groups is 1. The molecule has 0 saturated carbocycles. The normalized spacial score (nSPS) is 11.9. The minimum Gasteiger partial charge on any atom is -0.484 e. The number of nitrogens with zero attached hydrogens (tertiary/aromatic N) is 2. The smallest absolute Gasteiger partial charge is 0.311 e. The molecule has 0 aliphatic rings. The van der Waals surface area contributed by atoms with Crippen LogP contribution < -0.4 is 9.64 Å². The summed E-state index contributed by atoms with van der Waals surface area (Å²) in [5.41, 5.74) is 0.0935. The lowest BCUT2D eigenvalue weighted by Crippen LogP contribution is -2.13. The molecule has 6 nitrogen and oxygen atoms in total. The highest BCUT2D eigenvalue weighted by atomic mass is 19.1. The van der Waals surface area contributed by atoms with Crippen molar-refractivity contribution in [2.45, 2.75) is 6.10 Å². The monoisotopic (exact) mass is 338 g/mol. The van der Waals surface area contributed by atoms with Gasteiger partial charge in [0.15, 0.2) is 5.75 Å². The number of ether oxygens (including phenoxy) is 1. The Morgan fingerprint density at radius 3 is 2.58 bits per heavy atom. The van der Waals surface area contributed by atoms with E-state index in [2.05, 4.69) is 0 Å². The maximum absolute atomic E-state index is 13.6. The molecule has 1 unspecified atom stereocenters. The first-order chi connectivity index (χ1) is 11.3. The predicted molar refractivity (Wildman–Crippen MR) is 84.2 cm³/mol. The highest BCUT2D eigenvalue weighted by Crippen LogP contribution is 2.32. The summed E-state index contributed by atoms with van der Waals surface area (Å²) in [5.74, 6) is -1.56. The van der Waals surface area contributed by atoms with Gasteiger partial charge in [-0.1, -0.05) is 0 Å². The molecular formula is C16H16F2N2O4. The predicted octanol–water partition coefficient (Wildman–Crippen LogP) is 3.05. The molecule has 2 rings (SSSR count). The van der Waals surface area contributed by atoms with E-state index in [0.29, 0.717) is 5.69 Å². The van der Waals surface area contributed by atoms with Crippen molar-refractivity contribution >= 4 is 11.4 Å². The number of rotatable bonds is 6. The van der Waals surface area contributed by atoms with E-state index in [4.69, 9.17) is 4.74 Å². The number of anilines is 1. The van der Waals surface area contributed by atoms with Crippen LogP contribution in [-0.2, 0) is 0 Å². The molecule has 1 atom stereocenters. The van der Waals surface area contributed by atoms with Crippen molar-refractivity contribution in [3.05, 3.63) is 63.7 Å². The quantitative estimate of drug-likeness (QED) is 0.647. The SMILES string of the molecule is CN(C)c1ccc([N+](=O)[O-])c(OCC(O)c2cc(F)ccc2F)c1. The molecule has 0 heterocycles. The maximum Gasteiger partial charge on any atom is 0.311 e. The number of halogens is 2. The van der Waals surface area contributed by atoms with Crippen LogP contribution >= 0.6 is 0 Å². The largest absolute Gasteiger partial charge is 0.484 e. The van der Waals surface area contributed by atoms with Gasteiger partial charge in [-0.15, -0.1) is 0 Å². The molecule has 24 heavy (non-hydrogen) atoms. The average Bonchev–Trinajstić information content (AvgIpc) is 2.54. The molecule has 0 fully saturated rings. The first-order valence-corrected chi connectivity index (χ1v) is 7.01. The molecule has 0 amide bonds. The number of benzene rings is 2. The van der Waals surface area contributed by atoms with E-state index in [0.717, 1.165) is 18.2 Å². The third-order valence-electron chi connectivity index (χ3n) is 3.37. The van der Waals surface area contributed by atoms with Crippen LogP contribution in [-0.4, -0.2) is 30.7 Å². The molecule has 0 aliphatic heterocycles. The van der Waals surface area contributed by atoms with Gasteiger partial charge in [0.25, 0.3) is 0 Å². The molecule has 0 aliphatic carbocycles. The number of nitro benzene ring substituents is 1. The van der Waals surface area contributed by atoms with E-state index in [9.17, 15) is 24.0 Å². The lowest BCUT2D eigenvalue weighted by Gasteiger charge is -2.16. The molecule has 0 bridgehead atoms. The van der Waals surface area contributed by atoms with Crippen LogP contribution in [0.3, 0.4) is 0 Å². The Labute approximate surface area is 137 Å². The molecule has 0 spiro atoms. The van der Waals surface area contributed by atoms with Gasteiger partial charge in [0.2, 0.25) is 0 Å². The summed E-state index contributed by atoms with van der Waals surface area (Å²) < 4.78 is 32.1. The number of hydrogen-bond donors (Lipinski definition) is 1. The van der Waals surface area contributed by atoms with Crippen LogP contribution in [0.25, 0.3) is 0 Å². The van der Waals surface area contributed by atoms with Crippen LogP contribution in [0, 0.1) is 21.7 Å². The van der Waals surface area contributed by atoms with Crippen molar-refractivity contribution in [1.29, 1.82) is 0 Å². The summed E-state index contributed by atoms with van der Waals surface area (Å²) in [6.07, 6.45) is -1.47. The van der Waals surface area contributed by atoms with Crippen LogP contribution in [0.15, 0.2) is 36.4 Å². The fraction of sp³-hybridized carbons (Fsp3) is 0.250. The second-order valence-corrected chi connectivity index (χ2v) is 5.30. The number of hydrogen-bond acceptors (Lipinski definition) is 5. The molecule has 0 radical (unpaired) electrons. The average molecular weight is 338 g/mol. The minimum absolute atomic E-state index is 0.0675. The molecule has 8 heteroatoms. The van der Waals surface area contributed by atoms with Crippen molar-refractivity contribution < 1.29 is 23.5 Å². The first kappa shape index (κ1) is 17.6. The van der Waals surface area contributed by atoms with E-state index in [1.54, 1.807) is 25.1 Å². The summed E-state index contributed by atoms with van der Waals surface area (Å²) in [6.45, 7) is -0.460. The third-order valence-corrected chi connectivity index (χ3v) is 3.37. The fourth-order valence-corrected chi connectivity index (χ4v) is 2.08. The summed E-state index contributed by atoms with van der Waals surface area (Å²) >= 11 is 0. The Morgan fingerprint density at radius 2 is 1.96 bits per heavy atom. The van der Waals surface area contributed by atoms with E-state index in [-0.39, 0.29) is 17.0 Å². The minimum atomic E-state index is -1.47. The highest BCUT2D eigenvalue weighted by Gasteiger charge is 2.20. The van der Waals surface area contributed by atoms with Gasteiger partial charge in [-0.3, -0.25) is 10.1 Å². The molecule has 2 aromatic rings. The zero-order chi connectivity index (χ0) is 17.9. The van der Waals surface area contributed by atoms with Gasteiger partial charge in [-0.2, -0.15) is 0 Å². The Balaban J connectivity index is 2.22. The standard InChI is InChI=1S/C16H16F2N2O4/c1-19(2)11-4-6-14(20(22)23)16(8-11)24-9-15(21)12-7-10(17)3-5-13(12)18/h3-8,15,21H,9H2,1-2H3. The Morgan fingerprint density at radius 1 is 1.25 bits per heavy atom. The zero-order valence-electron chi connectivity index (χ0n) is 13.1. The second kappa shape index (κ2) is 7.22. The lowest BCUT2D eigenvalue weighted by molar-refractivity contribution is -0.385. The lowest BCUT2D eigenvalue weighted by atomic mass is 10.1. The van der Waals surface area contributed by atoms with Crippen LogP contribution in [0.1, 0.15) is 11.7 Å². The van der Waals surface area contributed by atoms with E-state index in [1.165, 1.54) is 12.1 Å². The summed E-state index contributed by atoms with van der Waals surface area (Å²) in [6, 6.07) is 6.94. The van der Waals surface area contributed by atoms with Gasteiger partial charge >= 0.3 is 5.69 Å². The van der Waals surface area contributed by atoms with Gasteiger partial charge in [0.1, 0.15) is 24.3 Å². The molecule has 1 N–H and O–H groups in total. The van der Waals surface area contributed by atoms with E-state index < -0.39 is 29.3 Å². The van der Waals surface area contributed by atoms with Crippen molar-refractivity contribution in [2.24, 2.45) is 0 Å². The molecule has 2 aromatic carbocycles. The third kappa shape index (κ3) is 3.96. The van der Waals surface area contributed by atoms with Crippen LogP contribution in [0.2, 0.25) is 0 Å². The van der Waals surface area contributed by atoms with Gasteiger partial charge < -0.3 is 14.7 Å². The summed E-state index contributed by atoms with van der Waals surface area (Å²) in [4.78, 5) is 12.2. The highest BCUT2D eigenvalue weighted by molar-refractivity contribution is 5.58. The van der Waals surface area contributed by atoms with E-state index >= 15 is 0 Å². The summed E-state index contributed by atoms with van der Waals surface area (Å²) in [5, 5.41) is 21.0. The van der Waals surface area contributed by atoms with Crippen molar-refractivity contribution in [3.8, 4) is 5.75 Å². The van der Waals surface area contributed by atoms with E-state index in [1.807, 2.05) is 0 Å². The molecular weight excluding hydrogens is 322 g/mol. The van der Waals surface area contributed by atoms with Crippen LogP contribution in [0.5, 0.6) is 5.75 Å². The van der Waals surface area contributed by atoms with Gasteiger partial charge in [0, 0.05) is 37.5 Å². The fourth-order valence-electron chi connectivity index (χ4n) is 2.08. The Bertz CT molecular complexity index is 753. The van der Waals surface area contributed by atoms with Gasteiger partial charge in [-0.05, 0) is 24.3 Å². The van der Waals surface area contributed by atoms with Gasteiger partial charge in [0.05, 0.1) is 4.92 Å². The Kier molecular flexibility index (Phi) is 5.30. The summed E-state index contributed by atoms with van der Waals surface area (Å²) in [7, 11) is 3.50. The second-order valence-electron chi connectivity index (χ2n) is 5.30. The number of aliphatic hydroxyl groups excluding tert-OH is 1. The topological polar surface area (TPSA) is 75.8 Å². The molecule has 0 saturated heterocycles. The van der Waals surface area contributed by atoms with Gasteiger partial charge in [-0.25, -0.2) is 8.78 Å². The number of aliphatic hydroxyl groups is 1. The first-order valence-electron chi connectivity index (χ1n) is 7.01.